The third kappa shape index (κ3) is 4.43. The van der Waals surface area contributed by atoms with E-state index in [0.717, 1.165) is 12.5 Å². The highest BCUT2D eigenvalue weighted by Crippen LogP contribution is 2.56. The summed E-state index contributed by atoms with van der Waals surface area (Å²) in [6.45, 7) is 1.21. The standard InChI is InChI=1S/C21H26O2/c1-22-16-23-15-20-19(21(20)18-12-6-3-7-13-18)14-8-11-17-9-4-2-5-10-17/h2-7,9-10,12-13,19-21H,8,11,14-16H2,1H3/t19-,20+,21+/m0/s1. The van der Waals surface area contributed by atoms with Gasteiger partial charge in [0, 0.05) is 7.11 Å². The molecule has 1 saturated carbocycles. The predicted octanol–water partition coefficient (Wildman–Crippen LogP) is 4.66. The molecule has 0 amide bonds. The maximum Gasteiger partial charge on any atom is 0.146 e. The summed E-state index contributed by atoms with van der Waals surface area (Å²) in [6, 6.07) is 21.7. The SMILES string of the molecule is COCOC[C@@H]1[C@H](CCCc2ccccc2)[C@H]1c1ccccc1. The van der Waals surface area contributed by atoms with E-state index in [1.165, 1.54) is 30.4 Å². The van der Waals surface area contributed by atoms with Crippen LogP contribution in [0.1, 0.15) is 29.9 Å². The molecule has 23 heavy (non-hydrogen) atoms. The van der Waals surface area contributed by atoms with Crippen LogP contribution in [-0.4, -0.2) is 20.5 Å². The van der Waals surface area contributed by atoms with Crippen molar-refractivity contribution in [2.45, 2.75) is 25.2 Å². The fraction of sp³-hybridized carbons (Fsp3) is 0.429. The zero-order chi connectivity index (χ0) is 15.9. The first-order valence-corrected chi connectivity index (χ1v) is 8.55. The predicted molar refractivity (Wildman–Crippen MR) is 93.4 cm³/mol. The molecule has 3 rings (SSSR count). The molecule has 2 nitrogen and oxygen atoms in total. The van der Waals surface area contributed by atoms with Gasteiger partial charge in [0.05, 0.1) is 6.61 Å². The van der Waals surface area contributed by atoms with Gasteiger partial charge >= 0.3 is 0 Å². The molecule has 0 saturated heterocycles. The van der Waals surface area contributed by atoms with Crippen LogP contribution in [0.5, 0.6) is 0 Å². The van der Waals surface area contributed by atoms with Crippen LogP contribution in [0.2, 0.25) is 0 Å². The molecule has 1 aliphatic rings. The molecule has 1 fully saturated rings. The van der Waals surface area contributed by atoms with Gasteiger partial charge in [-0.15, -0.1) is 0 Å². The molecule has 0 aromatic heterocycles. The quantitative estimate of drug-likeness (QED) is 0.495. The highest BCUT2D eigenvalue weighted by Gasteiger charge is 2.49. The number of hydrogen-bond donors (Lipinski definition) is 0. The fourth-order valence-electron chi connectivity index (χ4n) is 3.69. The highest BCUT2D eigenvalue weighted by molar-refractivity contribution is 5.28. The molecule has 0 aliphatic heterocycles. The second kappa shape index (κ2) is 8.28. The van der Waals surface area contributed by atoms with Gasteiger partial charge in [0.25, 0.3) is 0 Å². The van der Waals surface area contributed by atoms with E-state index in [0.29, 0.717) is 18.6 Å². The van der Waals surface area contributed by atoms with E-state index < -0.39 is 0 Å². The van der Waals surface area contributed by atoms with Crippen LogP contribution < -0.4 is 0 Å². The van der Waals surface area contributed by atoms with Crippen LogP contribution in [0.4, 0.5) is 0 Å². The van der Waals surface area contributed by atoms with Gasteiger partial charge in [0.2, 0.25) is 0 Å². The summed E-state index contributed by atoms with van der Waals surface area (Å²) in [5.74, 6) is 2.05. The Morgan fingerprint density at radius 2 is 1.57 bits per heavy atom. The first-order valence-electron chi connectivity index (χ1n) is 8.55. The topological polar surface area (TPSA) is 18.5 Å². The maximum absolute atomic E-state index is 5.63. The Kier molecular flexibility index (Phi) is 5.84. The van der Waals surface area contributed by atoms with Crippen molar-refractivity contribution >= 4 is 0 Å². The van der Waals surface area contributed by atoms with Gasteiger partial charge in [0.1, 0.15) is 6.79 Å². The Hall–Kier alpha value is -1.64. The molecule has 1 aliphatic carbocycles. The zero-order valence-corrected chi connectivity index (χ0v) is 13.9. The number of ether oxygens (including phenoxy) is 2. The van der Waals surface area contributed by atoms with Crippen LogP contribution in [-0.2, 0) is 15.9 Å². The Bertz CT molecular complexity index is 567. The van der Waals surface area contributed by atoms with Crippen LogP contribution in [0.25, 0.3) is 0 Å². The van der Waals surface area contributed by atoms with E-state index >= 15 is 0 Å². The van der Waals surface area contributed by atoms with Gasteiger partial charge in [0.15, 0.2) is 0 Å². The average molecular weight is 310 g/mol. The summed E-state index contributed by atoms with van der Waals surface area (Å²) >= 11 is 0. The number of rotatable bonds is 9. The summed E-state index contributed by atoms with van der Waals surface area (Å²) in [5.41, 5.74) is 2.90. The van der Waals surface area contributed by atoms with E-state index in [1.807, 2.05) is 0 Å². The fourth-order valence-corrected chi connectivity index (χ4v) is 3.69. The van der Waals surface area contributed by atoms with Crippen LogP contribution in [0, 0.1) is 11.8 Å². The van der Waals surface area contributed by atoms with E-state index in [9.17, 15) is 0 Å². The van der Waals surface area contributed by atoms with Gasteiger partial charge in [-0.1, -0.05) is 60.7 Å². The van der Waals surface area contributed by atoms with E-state index in [2.05, 4.69) is 60.7 Å². The van der Waals surface area contributed by atoms with Gasteiger partial charge in [-0.05, 0) is 48.1 Å². The van der Waals surface area contributed by atoms with Crippen molar-refractivity contribution in [1.29, 1.82) is 0 Å². The zero-order valence-electron chi connectivity index (χ0n) is 13.9. The van der Waals surface area contributed by atoms with Crippen LogP contribution >= 0.6 is 0 Å². The van der Waals surface area contributed by atoms with Crippen molar-refractivity contribution < 1.29 is 9.47 Å². The first-order chi connectivity index (χ1) is 11.4. The minimum absolute atomic E-state index is 0.398. The van der Waals surface area contributed by atoms with Crippen molar-refractivity contribution in [1.82, 2.24) is 0 Å². The lowest BCUT2D eigenvalue weighted by molar-refractivity contribution is -0.0360. The van der Waals surface area contributed by atoms with Gasteiger partial charge in [-0.2, -0.15) is 0 Å². The number of hydrogen-bond acceptors (Lipinski definition) is 2. The smallest absolute Gasteiger partial charge is 0.146 e. The summed E-state index contributed by atoms with van der Waals surface area (Å²) < 4.78 is 10.6. The van der Waals surface area contributed by atoms with Crippen LogP contribution in [0.3, 0.4) is 0 Å². The van der Waals surface area contributed by atoms with Crippen LogP contribution in [0.15, 0.2) is 60.7 Å². The Morgan fingerprint density at radius 1 is 0.870 bits per heavy atom. The lowest BCUT2D eigenvalue weighted by atomic mass is 10.0. The average Bonchev–Trinajstić information content (AvgIpc) is 3.30. The second-order valence-corrected chi connectivity index (χ2v) is 6.42. The van der Waals surface area contributed by atoms with Crippen molar-refractivity contribution in [3.05, 3.63) is 71.8 Å². The molecular weight excluding hydrogens is 284 g/mol. The molecule has 0 spiro atoms. The minimum Gasteiger partial charge on any atom is -0.359 e. The number of benzene rings is 2. The Balaban J connectivity index is 1.53. The maximum atomic E-state index is 5.63. The molecule has 0 radical (unpaired) electrons. The van der Waals surface area contributed by atoms with E-state index in [1.54, 1.807) is 7.11 Å². The second-order valence-electron chi connectivity index (χ2n) is 6.42. The van der Waals surface area contributed by atoms with Gasteiger partial charge in [-0.25, -0.2) is 0 Å². The third-order valence-electron chi connectivity index (χ3n) is 4.87. The van der Waals surface area contributed by atoms with E-state index in [4.69, 9.17) is 9.47 Å². The molecule has 2 aromatic carbocycles. The Morgan fingerprint density at radius 3 is 2.26 bits per heavy atom. The normalized spacial score (nSPS) is 22.9. The molecule has 0 heterocycles. The number of methoxy groups -OCH3 is 1. The summed E-state index contributed by atoms with van der Waals surface area (Å²) in [5, 5.41) is 0. The van der Waals surface area contributed by atoms with Crippen molar-refractivity contribution in [2.75, 3.05) is 20.5 Å². The molecule has 2 aromatic rings. The minimum atomic E-state index is 0.398. The molecule has 122 valence electrons. The van der Waals surface area contributed by atoms with Crippen molar-refractivity contribution in [3.63, 3.8) is 0 Å². The molecule has 0 bridgehead atoms. The van der Waals surface area contributed by atoms with Crippen molar-refractivity contribution in [2.24, 2.45) is 11.8 Å². The molecule has 0 N–H and O–H groups in total. The number of aryl methyl sites for hydroxylation is 1. The van der Waals surface area contributed by atoms with Gasteiger partial charge < -0.3 is 9.47 Å². The largest absolute Gasteiger partial charge is 0.359 e. The molecular formula is C21H26O2. The monoisotopic (exact) mass is 310 g/mol. The summed E-state index contributed by atoms with van der Waals surface area (Å²) in [6.07, 6.45) is 3.69. The lowest BCUT2D eigenvalue weighted by Crippen LogP contribution is -2.02. The Labute approximate surface area is 139 Å². The third-order valence-corrected chi connectivity index (χ3v) is 4.87. The summed E-state index contributed by atoms with van der Waals surface area (Å²) in [7, 11) is 1.68. The highest BCUT2D eigenvalue weighted by atomic mass is 16.7. The van der Waals surface area contributed by atoms with Crippen molar-refractivity contribution in [3.8, 4) is 0 Å². The molecule has 2 heteroatoms. The molecule has 3 atom stereocenters. The summed E-state index contributed by atoms with van der Waals surface area (Å²) in [4.78, 5) is 0. The van der Waals surface area contributed by atoms with Gasteiger partial charge in [-0.3, -0.25) is 0 Å². The van der Waals surface area contributed by atoms with E-state index in [-0.39, 0.29) is 0 Å². The lowest BCUT2D eigenvalue weighted by Gasteiger charge is -2.02. The molecule has 0 unspecified atom stereocenters. The first kappa shape index (κ1) is 16.2.